The van der Waals surface area contributed by atoms with Crippen molar-refractivity contribution < 1.29 is 23.7 Å². The van der Waals surface area contributed by atoms with Gasteiger partial charge in [-0.2, -0.15) is 0 Å². The van der Waals surface area contributed by atoms with Crippen LogP contribution < -0.4 is 14.2 Å². The van der Waals surface area contributed by atoms with Crippen LogP contribution in [0.4, 0.5) is 10.5 Å². The van der Waals surface area contributed by atoms with Gasteiger partial charge in [0.05, 0.1) is 50.2 Å². The number of halogens is 1. The zero-order valence-corrected chi connectivity index (χ0v) is 18.7. The Morgan fingerprint density at radius 1 is 1.29 bits per heavy atom. The molecule has 166 valence electrons. The van der Waals surface area contributed by atoms with Crippen molar-refractivity contribution >= 4 is 35.3 Å². The number of ether oxygens (including phenoxy) is 4. The Bertz CT molecular complexity index is 926. The molecule has 0 bridgehead atoms. The maximum atomic E-state index is 12.7. The molecule has 0 saturated carbocycles. The van der Waals surface area contributed by atoms with Crippen LogP contribution in [0, 0.1) is 0 Å². The SMILES string of the molecule is COc1ccc(Cl)cc1SNc1cnc2c(c1)CN(C(=O)OC1CCOCC1)CCO2. The van der Waals surface area contributed by atoms with E-state index in [2.05, 4.69) is 9.71 Å². The smallest absolute Gasteiger partial charge is 0.410 e. The summed E-state index contributed by atoms with van der Waals surface area (Å²) in [6.07, 6.45) is 2.72. The Labute approximate surface area is 190 Å². The largest absolute Gasteiger partial charge is 0.496 e. The van der Waals surface area contributed by atoms with Gasteiger partial charge in [0.25, 0.3) is 0 Å². The van der Waals surface area contributed by atoms with Crippen LogP contribution in [0.2, 0.25) is 5.02 Å². The molecule has 0 atom stereocenters. The van der Waals surface area contributed by atoms with Gasteiger partial charge in [-0.3, -0.25) is 0 Å². The molecule has 31 heavy (non-hydrogen) atoms. The van der Waals surface area contributed by atoms with E-state index in [9.17, 15) is 4.79 Å². The van der Waals surface area contributed by atoms with E-state index in [-0.39, 0.29) is 12.2 Å². The third-order valence-electron chi connectivity index (χ3n) is 4.99. The fraction of sp³-hybridized carbons (Fsp3) is 0.429. The molecule has 1 fully saturated rings. The molecule has 1 N–H and O–H groups in total. The Hall–Kier alpha value is -2.36. The van der Waals surface area contributed by atoms with Crippen LogP contribution in [0.5, 0.6) is 11.6 Å². The summed E-state index contributed by atoms with van der Waals surface area (Å²) in [6, 6.07) is 7.34. The number of carbonyl (C=O) groups excluding carboxylic acids is 1. The number of hydrogen-bond acceptors (Lipinski definition) is 8. The van der Waals surface area contributed by atoms with Gasteiger partial charge in [0.2, 0.25) is 5.88 Å². The maximum absolute atomic E-state index is 12.7. The number of carbonyl (C=O) groups is 1. The molecular formula is C21H24ClN3O5S. The summed E-state index contributed by atoms with van der Waals surface area (Å²) >= 11 is 7.47. The summed E-state index contributed by atoms with van der Waals surface area (Å²) < 4.78 is 25.4. The third kappa shape index (κ3) is 5.66. The van der Waals surface area contributed by atoms with Crippen LogP contribution in [0.15, 0.2) is 35.4 Å². The fourth-order valence-corrected chi connectivity index (χ4v) is 4.36. The van der Waals surface area contributed by atoms with Gasteiger partial charge in [-0.25, -0.2) is 9.78 Å². The molecular weight excluding hydrogens is 442 g/mol. The van der Waals surface area contributed by atoms with Gasteiger partial charge in [0, 0.05) is 23.4 Å². The zero-order valence-electron chi connectivity index (χ0n) is 17.1. The molecule has 4 rings (SSSR count). The summed E-state index contributed by atoms with van der Waals surface area (Å²) in [5.74, 6) is 1.24. The second-order valence-corrected chi connectivity index (χ2v) is 8.44. The standard InChI is InChI=1S/C21H24ClN3O5S/c1-27-18-3-2-15(22)11-19(18)31-24-16-10-14-13-25(6-9-29-20(14)23-12-16)21(26)30-17-4-7-28-8-5-17/h2-3,10-12,17,24H,4-9,13H2,1H3. The molecule has 8 nitrogen and oxygen atoms in total. The van der Waals surface area contributed by atoms with E-state index in [1.54, 1.807) is 24.3 Å². The lowest BCUT2D eigenvalue weighted by Gasteiger charge is -2.26. The quantitative estimate of drug-likeness (QED) is 0.652. The molecule has 0 aliphatic carbocycles. The van der Waals surface area contributed by atoms with Gasteiger partial charge in [-0.05, 0) is 36.2 Å². The number of rotatable bonds is 5. The van der Waals surface area contributed by atoms with Crippen molar-refractivity contribution in [2.24, 2.45) is 0 Å². The highest BCUT2D eigenvalue weighted by molar-refractivity contribution is 8.00. The third-order valence-corrected chi connectivity index (χ3v) is 6.10. The molecule has 2 aliphatic rings. The van der Waals surface area contributed by atoms with Crippen LogP contribution in [0.25, 0.3) is 0 Å². The first-order chi connectivity index (χ1) is 15.1. The molecule has 1 amide bonds. The summed E-state index contributed by atoms with van der Waals surface area (Å²) in [6.45, 7) is 2.42. The van der Waals surface area contributed by atoms with Crippen LogP contribution in [0.3, 0.4) is 0 Å². The van der Waals surface area contributed by atoms with E-state index in [1.165, 1.54) is 11.9 Å². The highest BCUT2D eigenvalue weighted by Crippen LogP contribution is 2.33. The van der Waals surface area contributed by atoms with E-state index in [4.69, 9.17) is 30.5 Å². The summed E-state index contributed by atoms with van der Waals surface area (Å²) in [4.78, 5) is 19.6. The first-order valence-corrected chi connectivity index (χ1v) is 11.2. The fourth-order valence-electron chi connectivity index (χ4n) is 3.35. The topological polar surface area (TPSA) is 82.2 Å². The van der Waals surface area contributed by atoms with Gasteiger partial charge in [-0.1, -0.05) is 11.6 Å². The second-order valence-electron chi connectivity index (χ2n) is 7.15. The molecule has 2 aromatic rings. The van der Waals surface area contributed by atoms with Crippen molar-refractivity contribution in [3.8, 4) is 11.6 Å². The Balaban J connectivity index is 1.42. The second kappa shape index (κ2) is 10.3. The van der Waals surface area contributed by atoms with Crippen molar-refractivity contribution in [2.75, 3.05) is 38.2 Å². The van der Waals surface area contributed by atoms with Crippen molar-refractivity contribution in [3.05, 3.63) is 41.0 Å². The van der Waals surface area contributed by atoms with Crippen LogP contribution >= 0.6 is 23.5 Å². The average molecular weight is 466 g/mol. The van der Waals surface area contributed by atoms with Gasteiger partial charge >= 0.3 is 6.09 Å². The van der Waals surface area contributed by atoms with Gasteiger partial charge in [0.15, 0.2) is 0 Å². The average Bonchev–Trinajstić information content (AvgIpc) is 3.00. The predicted molar refractivity (Wildman–Crippen MR) is 118 cm³/mol. The van der Waals surface area contributed by atoms with E-state index >= 15 is 0 Å². The Morgan fingerprint density at radius 2 is 2.13 bits per heavy atom. The molecule has 0 spiro atoms. The van der Waals surface area contributed by atoms with Gasteiger partial charge in [-0.15, -0.1) is 0 Å². The van der Waals surface area contributed by atoms with Crippen molar-refractivity contribution in [1.29, 1.82) is 0 Å². The van der Waals surface area contributed by atoms with E-state index in [0.717, 1.165) is 34.7 Å². The Kier molecular flexibility index (Phi) is 7.26. The number of anilines is 1. The predicted octanol–water partition coefficient (Wildman–Crippen LogP) is 4.37. The summed E-state index contributed by atoms with van der Waals surface area (Å²) in [5, 5.41) is 0.622. The molecule has 3 heterocycles. The first kappa shape index (κ1) is 21.9. The van der Waals surface area contributed by atoms with Gasteiger partial charge < -0.3 is 28.6 Å². The zero-order chi connectivity index (χ0) is 21.6. The molecule has 1 aromatic carbocycles. The van der Waals surface area contributed by atoms with Gasteiger partial charge in [0.1, 0.15) is 18.5 Å². The number of fused-ring (bicyclic) bond motifs is 1. The molecule has 0 unspecified atom stereocenters. The van der Waals surface area contributed by atoms with Crippen LogP contribution in [-0.4, -0.2) is 55.6 Å². The number of pyridine rings is 1. The number of methoxy groups -OCH3 is 1. The molecule has 1 saturated heterocycles. The minimum Gasteiger partial charge on any atom is -0.496 e. The minimum absolute atomic E-state index is 0.0971. The normalized spacial score (nSPS) is 16.6. The van der Waals surface area contributed by atoms with E-state index in [0.29, 0.717) is 43.8 Å². The lowest BCUT2D eigenvalue weighted by atomic mass is 10.2. The van der Waals surface area contributed by atoms with Crippen LogP contribution in [0.1, 0.15) is 18.4 Å². The summed E-state index contributed by atoms with van der Waals surface area (Å²) in [5.41, 5.74) is 1.58. The number of benzene rings is 1. The number of nitrogens with one attached hydrogen (secondary N) is 1. The molecule has 1 aromatic heterocycles. The highest BCUT2D eigenvalue weighted by atomic mass is 35.5. The van der Waals surface area contributed by atoms with Crippen molar-refractivity contribution in [2.45, 2.75) is 30.4 Å². The van der Waals surface area contributed by atoms with E-state index < -0.39 is 0 Å². The number of amides is 1. The monoisotopic (exact) mass is 465 g/mol. The first-order valence-electron chi connectivity index (χ1n) is 10.0. The van der Waals surface area contributed by atoms with Crippen LogP contribution in [-0.2, 0) is 16.0 Å². The van der Waals surface area contributed by atoms with E-state index in [1.807, 2.05) is 18.2 Å². The highest BCUT2D eigenvalue weighted by Gasteiger charge is 2.25. The Morgan fingerprint density at radius 3 is 2.94 bits per heavy atom. The molecule has 2 aliphatic heterocycles. The number of nitrogens with zero attached hydrogens (tertiary/aromatic N) is 2. The lowest BCUT2D eigenvalue weighted by Crippen LogP contribution is -2.37. The van der Waals surface area contributed by atoms with Crippen molar-refractivity contribution in [1.82, 2.24) is 9.88 Å². The maximum Gasteiger partial charge on any atom is 0.410 e. The van der Waals surface area contributed by atoms with Crippen molar-refractivity contribution in [3.63, 3.8) is 0 Å². The minimum atomic E-state index is -0.334. The molecule has 10 heteroatoms. The number of aromatic nitrogens is 1. The lowest BCUT2D eigenvalue weighted by molar-refractivity contribution is -0.0113. The summed E-state index contributed by atoms with van der Waals surface area (Å²) in [7, 11) is 1.61. The number of hydrogen-bond donors (Lipinski definition) is 1. The molecule has 0 radical (unpaired) electrons.